The van der Waals surface area contributed by atoms with Crippen molar-refractivity contribution in [1.82, 2.24) is 4.72 Å². The van der Waals surface area contributed by atoms with Crippen molar-refractivity contribution in [3.8, 4) is 5.75 Å². The summed E-state index contributed by atoms with van der Waals surface area (Å²) < 4.78 is 34.1. The van der Waals surface area contributed by atoms with Crippen LogP contribution in [0.2, 0.25) is 5.02 Å². The fraction of sp³-hybridized carbons (Fsp3) is 0.581. The predicted molar refractivity (Wildman–Crippen MR) is 157 cm³/mol. The van der Waals surface area contributed by atoms with Crippen LogP contribution in [0.3, 0.4) is 0 Å². The second kappa shape index (κ2) is 10.5. The summed E-state index contributed by atoms with van der Waals surface area (Å²) in [6.45, 7) is 4.15. The molecule has 1 amide bonds. The van der Waals surface area contributed by atoms with E-state index in [0.29, 0.717) is 49.6 Å². The summed E-state index contributed by atoms with van der Waals surface area (Å²) in [5, 5.41) is 12.0. The Morgan fingerprint density at radius 3 is 2.73 bits per heavy atom. The quantitative estimate of drug-likeness (QED) is 0.439. The molecule has 0 aromatic heterocycles. The highest BCUT2D eigenvalue weighted by molar-refractivity contribution is 7.90. The first-order chi connectivity index (χ1) is 19.1. The molecule has 2 aromatic carbocycles. The fourth-order valence-electron chi connectivity index (χ4n) is 7.45. The number of carbonyl (C=O) groups is 1. The smallest absolute Gasteiger partial charge is 0.264 e. The lowest BCUT2D eigenvalue weighted by Crippen LogP contribution is -2.54. The van der Waals surface area contributed by atoms with Gasteiger partial charge in [0.2, 0.25) is 10.0 Å². The molecule has 2 aromatic rings. The molecule has 216 valence electrons. The lowest BCUT2D eigenvalue weighted by atomic mass is 9.57. The number of fused-ring (bicyclic) bond motifs is 4. The average Bonchev–Trinajstić information content (AvgIpc) is 3.06. The third kappa shape index (κ3) is 5.12. The number of amides is 1. The summed E-state index contributed by atoms with van der Waals surface area (Å²) in [4.78, 5) is 15.5. The number of anilines is 1. The number of sulfonamides is 1. The summed E-state index contributed by atoms with van der Waals surface area (Å²) in [5.74, 6) is 0.265. The van der Waals surface area contributed by atoms with E-state index in [2.05, 4.69) is 28.7 Å². The number of hydrogen-bond donors (Lipinski definition) is 2. The van der Waals surface area contributed by atoms with Crippen molar-refractivity contribution in [2.45, 2.75) is 76.2 Å². The van der Waals surface area contributed by atoms with Gasteiger partial charge in [-0.1, -0.05) is 37.4 Å². The number of nitrogens with one attached hydrogen (secondary N) is 1. The predicted octanol–water partition coefficient (Wildman–Crippen LogP) is 5.22. The Morgan fingerprint density at radius 2 is 1.93 bits per heavy atom. The number of aliphatic hydroxyl groups excluding tert-OH is 1. The SMILES string of the molecule is C[C@@]12CC[C@@H]1CN1C[C@@]3(CCCc4cc(Cl)ccc43)COc3ccc(cc31)C(=O)NS(=O)(=O)CCCCC[C@H]2O. The fourth-order valence-corrected chi connectivity index (χ4v) is 8.73. The van der Waals surface area contributed by atoms with Gasteiger partial charge in [0.05, 0.1) is 24.2 Å². The van der Waals surface area contributed by atoms with Crippen LogP contribution in [-0.4, -0.2) is 51.0 Å². The highest BCUT2D eigenvalue weighted by Gasteiger charge is 2.49. The number of aliphatic hydroxyl groups is 1. The van der Waals surface area contributed by atoms with Gasteiger partial charge in [0.15, 0.2) is 0 Å². The van der Waals surface area contributed by atoms with Gasteiger partial charge in [-0.25, -0.2) is 13.1 Å². The molecule has 7 nitrogen and oxygen atoms in total. The normalized spacial score (nSPS) is 32.1. The molecule has 0 unspecified atom stereocenters. The highest BCUT2D eigenvalue weighted by atomic mass is 35.5. The van der Waals surface area contributed by atoms with E-state index in [1.54, 1.807) is 18.2 Å². The topological polar surface area (TPSA) is 95.9 Å². The molecule has 2 aliphatic carbocycles. The first kappa shape index (κ1) is 27.9. The molecule has 6 rings (SSSR count). The molecule has 0 saturated heterocycles. The second-order valence-electron chi connectivity index (χ2n) is 12.6. The molecule has 1 fully saturated rings. The minimum absolute atomic E-state index is 0.110. The van der Waals surface area contributed by atoms with Gasteiger partial charge in [-0.05, 0) is 97.7 Å². The average molecular weight is 587 g/mol. The third-order valence-corrected chi connectivity index (χ3v) is 11.7. The summed E-state index contributed by atoms with van der Waals surface area (Å²) in [7, 11) is -3.76. The van der Waals surface area contributed by atoms with E-state index in [1.807, 2.05) is 6.07 Å². The Balaban J connectivity index is 1.42. The molecule has 9 heteroatoms. The van der Waals surface area contributed by atoms with E-state index in [1.165, 1.54) is 11.1 Å². The first-order valence-corrected chi connectivity index (χ1v) is 16.7. The molecule has 1 saturated carbocycles. The molecule has 4 aliphatic rings. The van der Waals surface area contributed by atoms with E-state index in [0.717, 1.165) is 55.8 Å². The zero-order chi connectivity index (χ0) is 28.1. The number of hydrogen-bond acceptors (Lipinski definition) is 6. The molecule has 2 bridgehead atoms. The van der Waals surface area contributed by atoms with Gasteiger partial charge in [-0.2, -0.15) is 0 Å². The minimum Gasteiger partial charge on any atom is -0.490 e. The second-order valence-corrected chi connectivity index (χ2v) is 14.9. The van der Waals surface area contributed by atoms with Crippen LogP contribution in [-0.2, 0) is 21.9 Å². The Bertz CT molecular complexity index is 1410. The Hall–Kier alpha value is -2.29. The maximum Gasteiger partial charge on any atom is 0.264 e. The number of ether oxygens (including phenoxy) is 1. The summed E-state index contributed by atoms with van der Waals surface area (Å²) in [5.41, 5.74) is 3.18. The molecule has 2 N–H and O–H groups in total. The Labute approximate surface area is 242 Å². The zero-order valence-corrected chi connectivity index (χ0v) is 24.7. The highest BCUT2D eigenvalue weighted by Crippen LogP contribution is 2.52. The lowest BCUT2D eigenvalue weighted by molar-refractivity contribution is -0.0757. The zero-order valence-electron chi connectivity index (χ0n) is 23.1. The van der Waals surface area contributed by atoms with E-state index >= 15 is 0 Å². The number of nitrogens with zero attached hydrogens (tertiary/aromatic N) is 1. The van der Waals surface area contributed by atoms with E-state index < -0.39 is 22.0 Å². The lowest BCUT2D eigenvalue weighted by Gasteiger charge is -2.53. The molecule has 4 atom stereocenters. The number of aryl methyl sites for hydroxylation is 1. The molecular formula is C31H39ClN2O5S. The third-order valence-electron chi connectivity index (χ3n) is 10.1. The van der Waals surface area contributed by atoms with Crippen molar-refractivity contribution in [3.05, 3.63) is 58.1 Å². The van der Waals surface area contributed by atoms with E-state index in [4.69, 9.17) is 16.3 Å². The Morgan fingerprint density at radius 1 is 1.07 bits per heavy atom. The van der Waals surface area contributed by atoms with Crippen molar-refractivity contribution < 1.29 is 23.1 Å². The molecular weight excluding hydrogens is 548 g/mol. The largest absolute Gasteiger partial charge is 0.490 e. The maximum atomic E-state index is 13.1. The molecule has 1 spiro atoms. The summed E-state index contributed by atoms with van der Waals surface area (Å²) in [6.07, 6.45) is 7.13. The minimum atomic E-state index is -3.76. The van der Waals surface area contributed by atoms with Crippen molar-refractivity contribution in [2.75, 3.05) is 30.3 Å². The summed E-state index contributed by atoms with van der Waals surface area (Å²) >= 11 is 6.38. The molecule has 2 aliphatic heterocycles. The van der Waals surface area contributed by atoms with E-state index in [9.17, 15) is 18.3 Å². The van der Waals surface area contributed by atoms with Crippen LogP contribution in [0.15, 0.2) is 36.4 Å². The van der Waals surface area contributed by atoms with Gasteiger partial charge in [0, 0.05) is 29.1 Å². The number of carbonyl (C=O) groups excluding carboxylic acids is 1. The van der Waals surface area contributed by atoms with Crippen LogP contribution in [0.1, 0.15) is 79.8 Å². The maximum absolute atomic E-state index is 13.1. The number of rotatable bonds is 0. The van der Waals surface area contributed by atoms with Crippen molar-refractivity contribution >= 4 is 33.2 Å². The molecule has 0 radical (unpaired) electrons. The van der Waals surface area contributed by atoms with Gasteiger partial charge in [-0.15, -0.1) is 0 Å². The molecule has 40 heavy (non-hydrogen) atoms. The van der Waals surface area contributed by atoms with Crippen molar-refractivity contribution in [1.29, 1.82) is 0 Å². The van der Waals surface area contributed by atoms with Gasteiger partial charge in [-0.3, -0.25) is 4.79 Å². The number of benzene rings is 2. The van der Waals surface area contributed by atoms with Crippen molar-refractivity contribution in [2.24, 2.45) is 11.3 Å². The van der Waals surface area contributed by atoms with Crippen LogP contribution in [0.4, 0.5) is 5.69 Å². The monoisotopic (exact) mass is 586 g/mol. The van der Waals surface area contributed by atoms with Gasteiger partial charge in [0.25, 0.3) is 5.91 Å². The van der Waals surface area contributed by atoms with Crippen LogP contribution < -0.4 is 14.4 Å². The van der Waals surface area contributed by atoms with Gasteiger partial charge in [0.1, 0.15) is 5.75 Å². The van der Waals surface area contributed by atoms with Gasteiger partial charge >= 0.3 is 0 Å². The Kier molecular flexibility index (Phi) is 7.33. The standard InChI is InChI=1S/C31H39ClN2O5S/c1-30-14-12-23(30)18-34-19-31(13-5-6-21-16-24(32)9-10-25(21)31)20-39-27-11-8-22(17-26(27)34)29(36)33-40(37,38)15-4-2-3-7-28(30)35/h8-11,16-17,23,28,35H,2-7,12-15,18-20H2,1H3,(H,33,36)/t23-,28-,30-,31+/m1/s1. The molecule has 2 heterocycles. The van der Waals surface area contributed by atoms with Crippen LogP contribution >= 0.6 is 11.6 Å². The van der Waals surface area contributed by atoms with Gasteiger partial charge < -0.3 is 14.7 Å². The first-order valence-electron chi connectivity index (χ1n) is 14.6. The van der Waals surface area contributed by atoms with E-state index in [-0.39, 0.29) is 16.6 Å². The number of halogens is 1. The van der Waals surface area contributed by atoms with Crippen LogP contribution in [0.25, 0.3) is 0 Å². The summed E-state index contributed by atoms with van der Waals surface area (Å²) in [6, 6.07) is 11.4. The van der Waals surface area contributed by atoms with Crippen molar-refractivity contribution in [3.63, 3.8) is 0 Å². The van der Waals surface area contributed by atoms with Crippen LogP contribution in [0.5, 0.6) is 5.75 Å². The van der Waals surface area contributed by atoms with Crippen LogP contribution in [0, 0.1) is 11.3 Å².